The van der Waals surface area contributed by atoms with E-state index >= 15 is 0 Å². The summed E-state index contributed by atoms with van der Waals surface area (Å²) in [7, 11) is 0. The predicted octanol–water partition coefficient (Wildman–Crippen LogP) is 3.29. The second-order valence-electron chi connectivity index (χ2n) is 4.50. The largest absolute Gasteiger partial charge is 0.475 e. The molecule has 0 fully saturated rings. The van der Waals surface area contributed by atoms with Crippen molar-refractivity contribution in [1.29, 1.82) is 0 Å². The molecule has 2 heterocycles. The third-order valence-electron chi connectivity index (χ3n) is 3.20. The van der Waals surface area contributed by atoms with Crippen LogP contribution < -0.4 is 0 Å². The Balaban J connectivity index is 2.00. The molecule has 0 bridgehead atoms. The lowest BCUT2D eigenvalue weighted by Crippen LogP contribution is -2.00. The molecule has 0 aliphatic rings. The minimum absolute atomic E-state index is 0.0240. The van der Waals surface area contributed by atoms with Gasteiger partial charge in [0.1, 0.15) is 5.76 Å². The van der Waals surface area contributed by atoms with Crippen LogP contribution in [-0.2, 0) is 6.54 Å². The number of carbonyl (C=O) groups is 1. The normalized spacial score (nSPS) is 11.0. The van der Waals surface area contributed by atoms with Crippen molar-refractivity contribution in [2.24, 2.45) is 0 Å². The van der Waals surface area contributed by atoms with Gasteiger partial charge < -0.3 is 14.1 Å². The Morgan fingerprint density at radius 2 is 2.05 bits per heavy atom. The average Bonchev–Trinajstić information content (AvgIpc) is 2.96. The van der Waals surface area contributed by atoms with Gasteiger partial charge in [-0.2, -0.15) is 0 Å². The van der Waals surface area contributed by atoms with Crippen LogP contribution in [0.15, 0.2) is 46.9 Å². The number of carboxylic acid groups (broad SMARTS) is 1. The maximum atomic E-state index is 10.8. The minimum Gasteiger partial charge on any atom is -0.475 e. The topological polar surface area (TPSA) is 55.4 Å². The zero-order valence-corrected chi connectivity index (χ0v) is 10.5. The number of aromatic carboxylic acids is 1. The SMILES string of the molecule is Cc1cc2ccccc2n1Cc1ccc(C(=O)O)o1. The van der Waals surface area contributed by atoms with Gasteiger partial charge in [0.15, 0.2) is 0 Å². The Morgan fingerprint density at radius 3 is 2.79 bits per heavy atom. The molecule has 3 aromatic rings. The molecule has 0 aliphatic heterocycles. The van der Waals surface area contributed by atoms with Gasteiger partial charge >= 0.3 is 5.97 Å². The van der Waals surface area contributed by atoms with Crippen LogP contribution in [0, 0.1) is 6.92 Å². The van der Waals surface area contributed by atoms with E-state index in [4.69, 9.17) is 9.52 Å². The number of aromatic nitrogens is 1. The number of benzene rings is 1. The number of carboxylic acids is 1. The van der Waals surface area contributed by atoms with E-state index in [2.05, 4.69) is 16.7 Å². The first-order valence-corrected chi connectivity index (χ1v) is 6.02. The molecule has 3 rings (SSSR count). The molecule has 0 saturated carbocycles. The maximum absolute atomic E-state index is 10.8. The number of aryl methyl sites for hydroxylation is 1. The Morgan fingerprint density at radius 1 is 1.26 bits per heavy atom. The first-order chi connectivity index (χ1) is 9.15. The minimum atomic E-state index is -1.04. The molecule has 1 N–H and O–H groups in total. The molecular weight excluding hydrogens is 242 g/mol. The monoisotopic (exact) mass is 255 g/mol. The van der Waals surface area contributed by atoms with Crippen LogP contribution in [0.5, 0.6) is 0 Å². The van der Waals surface area contributed by atoms with Crippen LogP contribution in [0.4, 0.5) is 0 Å². The smallest absolute Gasteiger partial charge is 0.371 e. The van der Waals surface area contributed by atoms with Crippen molar-refractivity contribution in [3.63, 3.8) is 0 Å². The number of rotatable bonds is 3. The highest BCUT2D eigenvalue weighted by Crippen LogP contribution is 2.21. The molecule has 0 radical (unpaired) electrons. The van der Waals surface area contributed by atoms with E-state index < -0.39 is 5.97 Å². The lowest BCUT2D eigenvalue weighted by Gasteiger charge is -2.05. The van der Waals surface area contributed by atoms with Crippen LogP contribution in [0.1, 0.15) is 22.0 Å². The van der Waals surface area contributed by atoms with Gasteiger partial charge in [-0.1, -0.05) is 18.2 Å². The van der Waals surface area contributed by atoms with Gasteiger partial charge in [-0.05, 0) is 36.6 Å². The highest BCUT2D eigenvalue weighted by Gasteiger charge is 2.11. The lowest BCUT2D eigenvalue weighted by molar-refractivity contribution is 0.0660. The third kappa shape index (κ3) is 2.01. The first-order valence-electron chi connectivity index (χ1n) is 6.02. The third-order valence-corrected chi connectivity index (χ3v) is 3.20. The Hall–Kier alpha value is -2.49. The molecule has 0 saturated heterocycles. The van der Waals surface area contributed by atoms with Crippen molar-refractivity contribution in [1.82, 2.24) is 4.57 Å². The number of furan rings is 1. The van der Waals surface area contributed by atoms with E-state index in [-0.39, 0.29) is 5.76 Å². The molecule has 19 heavy (non-hydrogen) atoms. The van der Waals surface area contributed by atoms with Gasteiger partial charge in [0.25, 0.3) is 0 Å². The molecule has 0 amide bonds. The molecule has 0 unspecified atom stereocenters. The van der Waals surface area contributed by atoms with Crippen molar-refractivity contribution in [2.45, 2.75) is 13.5 Å². The number of hydrogen-bond donors (Lipinski definition) is 1. The molecule has 96 valence electrons. The fourth-order valence-corrected chi connectivity index (χ4v) is 2.29. The van der Waals surface area contributed by atoms with Gasteiger partial charge in [0, 0.05) is 11.2 Å². The number of hydrogen-bond acceptors (Lipinski definition) is 2. The maximum Gasteiger partial charge on any atom is 0.371 e. The highest BCUT2D eigenvalue weighted by molar-refractivity contribution is 5.84. The van der Waals surface area contributed by atoms with E-state index in [0.717, 1.165) is 11.2 Å². The summed E-state index contributed by atoms with van der Waals surface area (Å²) in [6.07, 6.45) is 0. The number of nitrogens with zero attached hydrogens (tertiary/aromatic N) is 1. The Labute approximate surface area is 109 Å². The van der Waals surface area contributed by atoms with Crippen LogP contribution >= 0.6 is 0 Å². The van der Waals surface area contributed by atoms with E-state index in [1.165, 1.54) is 11.5 Å². The first kappa shape index (κ1) is 11.6. The average molecular weight is 255 g/mol. The summed E-state index contributed by atoms with van der Waals surface area (Å²) in [5.41, 5.74) is 2.24. The molecule has 0 aliphatic carbocycles. The number of fused-ring (bicyclic) bond motifs is 1. The van der Waals surface area contributed by atoms with E-state index in [0.29, 0.717) is 12.3 Å². The Kier molecular flexibility index (Phi) is 2.63. The van der Waals surface area contributed by atoms with Gasteiger partial charge in [0.2, 0.25) is 5.76 Å². The molecule has 4 heteroatoms. The van der Waals surface area contributed by atoms with Gasteiger partial charge in [-0.15, -0.1) is 0 Å². The fourth-order valence-electron chi connectivity index (χ4n) is 2.29. The fraction of sp³-hybridized carbons (Fsp3) is 0.133. The Bertz CT molecular complexity index is 752. The molecule has 0 atom stereocenters. The zero-order chi connectivity index (χ0) is 13.4. The summed E-state index contributed by atoms with van der Waals surface area (Å²) in [4.78, 5) is 10.8. The molecular formula is C15H13NO3. The van der Waals surface area contributed by atoms with E-state index in [1.54, 1.807) is 6.07 Å². The summed E-state index contributed by atoms with van der Waals surface area (Å²) in [5, 5.41) is 10.0. The van der Waals surface area contributed by atoms with Crippen molar-refractivity contribution in [3.05, 3.63) is 59.7 Å². The molecule has 4 nitrogen and oxygen atoms in total. The molecule has 1 aromatic carbocycles. The van der Waals surface area contributed by atoms with Crippen molar-refractivity contribution in [3.8, 4) is 0 Å². The second-order valence-corrected chi connectivity index (χ2v) is 4.50. The van der Waals surface area contributed by atoms with Gasteiger partial charge in [-0.25, -0.2) is 4.79 Å². The van der Waals surface area contributed by atoms with E-state index in [9.17, 15) is 4.79 Å². The van der Waals surface area contributed by atoms with Crippen LogP contribution in [0.3, 0.4) is 0 Å². The summed E-state index contributed by atoms with van der Waals surface area (Å²) in [6.45, 7) is 2.56. The van der Waals surface area contributed by atoms with Gasteiger partial charge in [0.05, 0.1) is 6.54 Å². The highest BCUT2D eigenvalue weighted by atomic mass is 16.4. The number of para-hydroxylation sites is 1. The summed E-state index contributed by atoms with van der Waals surface area (Å²) in [5.74, 6) is -0.425. The zero-order valence-electron chi connectivity index (χ0n) is 10.5. The van der Waals surface area contributed by atoms with Crippen molar-refractivity contribution >= 4 is 16.9 Å². The van der Waals surface area contributed by atoms with Crippen LogP contribution in [0.25, 0.3) is 10.9 Å². The van der Waals surface area contributed by atoms with E-state index in [1.807, 2.05) is 25.1 Å². The van der Waals surface area contributed by atoms with Crippen molar-refractivity contribution in [2.75, 3.05) is 0 Å². The molecule has 2 aromatic heterocycles. The second kappa shape index (κ2) is 4.31. The van der Waals surface area contributed by atoms with Crippen LogP contribution in [-0.4, -0.2) is 15.6 Å². The molecule has 0 spiro atoms. The van der Waals surface area contributed by atoms with Gasteiger partial charge in [-0.3, -0.25) is 0 Å². The van der Waals surface area contributed by atoms with Crippen LogP contribution in [0.2, 0.25) is 0 Å². The predicted molar refractivity (Wildman–Crippen MR) is 71.4 cm³/mol. The summed E-state index contributed by atoms with van der Waals surface area (Å²) < 4.78 is 7.41. The van der Waals surface area contributed by atoms with Crippen molar-refractivity contribution < 1.29 is 14.3 Å². The quantitative estimate of drug-likeness (QED) is 0.781. The summed E-state index contributed by atoms with van der Waals surface area (Å²) >= 11 is 0. The standard InChI is InChI=1S/C15H13NO3/c1-10-8-11-4-2-3-5-13(11)16(10)9-12-6-7-14(19-12)15(17)18/h2-8H,9H2,1H3,(H,17,18). The lowest BCUT2D eigenvalue weighted by atomic mass is 10.2. The summed E-state index contributed by atoms with van der Waals surface area (Å²) in [6, 6.07) is 13.4.